The van der Waals surface area contributed by atoms with Gasteiger partial charge >= 0.3 is 0 Å². The topological polar surface area (TPSA) is 99.5 Å². The van der Waals surface area contributed by atoms with Gasteiger partial charge in [-0.1, -0.05) is 6.08 Å². The van der Waals surface area contributed by atoms with E-state index < -0.39 is 4.92 Å². The van der Waals surface area contributed by atoms with Crippen molar-refractivity contribution in [2.75, 3.05) is 0 Å². The molecular weight excluding hydrogens is 350 g/mol. The fourth-order valence-electron chi connectivity index (χ4n) is 3.10. The standard InChI is InChI=1S/C19H17N3O3S/c1-2-5-12-8-14(22(24)25)9-13(18(12)23)11-21-19-16(10-20)15-6-3-4-7-17(15)26-19/h2,8-9,11,23H,1,3-7H2/b21-11+. The van der Waals surface area contributed by atoms with Crippen molar-refractivity contribution in [1.29, 1.82) is 5.26 Å². The quantitative estimate of drug-likeness (QED) is 0.361. The first-order chi connectivity index (χ1) is 12.5. The fraction of sp³-hybridized carbons (Fsp3) is 0.263. The van der Waals surface area contributed by atoms with Crippen LogP contribution in [0.5, 0.6) is 5.75 Å². The highest BCUT2D eigenvalue weighted by molar-refractivity contribution is 7.16. The molecule has 0 aliphatic heterocycles. The molecule has 3 rings (SSSR count). The summed E-state index contributed by atoms with van der Waals surface area (Å²) in [6.07, 6.45) is 7.29. The molecule has 1 heterocycles. The van der Waals surface area contributed by atoms with E-state index >= 15 is 0 Å². The number of nitrogens with zero attached hydrogens (tertiary/aromatic N) is 3. The number of nitriles is 1. The Morgan fingerprint density at radius 2 is 2.19 bits per heavy atom. The number of non-ortho nitro benzene ring substituents is 1. The number of aromatic hydroxyl groups is 1. The lowest BCUT2D eigenvalue weighted by atomic mass is 9.96. The molecule has 0 spiro atoms. The van der Waals surface area contributed by atoms with Crippen molar-refractivity contribution in [1.82, 2.24) is 0 Å². The highest BCUT2D eigenvalue weighted by atomic mass is 32.1. The van der Waals surface area contributed by atoms with Crippen molar-refractivity contribution < 1.29 is 10.0 Å². The molecule has 7 heteroatoms. The smallest absolute Gasteiger partial charge is 0.270 e. The number of nitro groups is 1. The third kappa shape index (κ3) is 3.37. The first-order valence-electron chi connectivity index (χ1n) is 8.25. The van der Waals surface area contributed by atoms with Gasteiger partial charge in [0.05, 0.1) is 10.5 Å². The molecule has 26 heavy (non-hydrogen) atoms. The van der Waals surface area contributed by atoms with Crippen molar-refractivity contribution in [3.05, 3.63) is 62.0 Å². The van der Waals surface area contributed by atoms with Crippen LogP contribution in [0.15, 0.2) is 29.8 Å². The average Bonchev–Trinajstić information content (AvgIpc) is 2.99. The number of fused-ring (bicyclic) bond motifs is 1. The van der Waals surface area contributed by atoms with E-state index in [1.807, 2.05) is 0 Å². The molecular formula is C19H17N3O3S. The number of aliphatic imine (C=N–C) groups is 1. The van der Waals surface area contributed by atoms with Gasteiger partial charge < -0.3 is 5.11 Å². The minimum absolute atomic E-state index is 0.0564. The van der Waals surface area contributed by atoms with Gasteiger partial charge in [-0.15, -0.1) is 17.9 Å². The molecule has 1 aliphatic carbocycles. The summed E-state index contributed by atoms with van der Waals surface area (Å²) in [5.74, 6) is -0.0564. The van der Waals surface area contributed by atoms with Gasteiger partial charge in [-0.25, -0.2) is 4.99 Å². The molecule has 1 aromatic heterocycles. The van der Waals surface area contributed by atoms with Gasteiger partial charge in [0.15, 0.2) is 0 Å². The van der Waals surface area contributed by atoms with E-state index in [0.717, 1.165) is 31.2 Å². The van der Waals surface area contributed by atoms with Gasteiger partial charge in [0.25, 0.3) is 5.69 Å². The van der Waals surface area contributed by atoms with Gasteiger partial charge in [0, 0.05) is 34.4 Å². The maximum atomic E-state index is 11.1. The van der Waals surface area contributed by atoms with Crippen LogP contribution in [0.3, 0.4) is 0 Å². The van der Waals surface area contributed by atoms with Crippen LogP contribution in [-0.4, -0.2) is 16.2 Å². The minimum atomic E-state index is -0.506. The zero-order chi connectivity index (χ0) is 18.7. The van der Waals surface area contributed by atoms with E-state index in [-0.39, 0.29) is 17.0 Å². The molecule has 1 aromatic carbocycles. The lowest BCUT2D eigenvalue weighted by molar-refractivity contribution is -0.384. The summed E-state index contributed by atoms with van der Waals surface area (Å²) in [7, 11) is 0. The van der Waals surface area contributed by atoms with Gasteiger partial charge in [-0.3, -0.25) is 10.1 Å². The Labute approximate surface area is 154 Å². The van der Waals surface area contributed by atoms with Crippen LogP contribution < -0.4 is 0 Å². The maximum absolute atomic E-state index is 11.1. The first-order valence-corrected chi connectivity index (χ1v) is 9.06. The second kappa shape index (κ2) is 7.50. The van der Waals surface area contributed by atoms with Gasteiger partial charge in [-0.05, 0) is 37.7 Å². The van der Waals surface area contributed by atoms with Crippen molar-refractivity contribution in [3.63, 3.8) is 0 Å². The number of rotatable bonds is 5. The summed E-state index contributed by atoms with van der Waals surface area (Å²) < 4.78 is 0. The molecule has 2 aromatic rings. The number of thiophene rings is 1. The number of hydrogen-bond donors (Lipinski definition) is 1. The van der Waals surface area contributed by atoms with E-state index in [1.54, 1.807) is 6.08 Å². The number of aryl methyl sites for hydroxylation is 1. The van der Waals surface area contributed by atoms with E-state index in [4.69, 9.17) is 0 Å². The molecule has 132 valence electrons. The SMILES string of the molecule is C=CCc1cc([N+](=O)[O-])cc(/C=N/c2sc3c(c2C#N)CCCC3)c1O. The Bertz CT molecular complexity index is 954. The molecule has 6 nitrogen and oxygen atoms in total. The normalized spacial score (nSPS) is 13.3. The van der Waals surface area contributed by atoms with Crippen molar-refractivity contribution >= 4 is 28.2 Å². The number of phenols is 1. The lowest BCUT2D eigenvalue weighted by Crippen LogP contribution is -1.99. The molecule has 1 N–H and O–H groups in total. The third-order valence-corrected chi connectivity index (χ3v) is 5.56. The lowest BCUT2D eigenvalue weighted by Gasteiger charge is -2.09. The molecule has 0 unspecified atom stereocenters. The Balaban J connectivity index is 2.03. The predicted molar refractivity (Wildman–Crippen MR) is 102 cm³/mol. The van der Waals surface area contributed by atoms with Gasteiger partial charge in [0.2, 0.25) is 0 Å². The van der Waals surface area contributed by atoms with E-state index in [0.29, 0.717) is 22.5 Å². The molecule has 0 saturated carbocycles. The average molecular weight is 367 g/mol. The number of hydrogen-bond acceptors (Lipinski definition) is 6. The van der Waals surface area contributed by atoms with Gasteiger partial charge in [0.1, 0.15) is 16.8 Å². The van der Waals surface area contributed by atoms with Gasteiger partial charge in [-0.2, -0.15) is 5.26 Å². The first kappa shape index (κ1) is 17.8. The van der Waals surface area contributed by atoms with Crippen LogP contribution in [0.1, 0.15) is 40.0 Å². The van der Waals surface area contributed by atoms with Crippen molar-refractivity contribution in [2.45, 2.75) is 32.1 Å². The molecule has 0 atom stereocenters. The second-order valence-electron chi connectivity index (χ2n) is 6.05. The third-order valence-electron chi connectivity index (χ3n) is 4.36. The van der Waals surface area contributed by atoms with Crippen molar-refractivity contribution in [3.8, 4) is 11.8 Å². The molecule has 0 amide bonds. The zero-order valence-corrected chi connectivity index (χ0v) is 14.9. The summed E-state index contributed by atoms with van der Waals surface area (Å²) in [4.78, 5) is 16.2. The fourth-order valence-corrected chi connectivity index (χ4v) is 4.29. The Morgan fingerprint density at radius 3 is 2.88 bits per heavy atom. The van der Waals surface area contributed by atoms with Crippen LogP contribution in [0, 0.1) is 21.4 Å². The monoisotopic (exact) mass is 367 g/mol. The van der Waals surface area contributed by atoms with Crippen LogP contribution in [0.4, 0.5) is 10.7 Å². The Morgan fingerprint density at radius 1 is 1.42 bits per heavy atom. The predicted octanol–water partition coefficient (Wildman–Crippen LogP) is 4.59. The number of phenolic OH excluding ortho intramolecular Hbond substituents is 1. The van der Waals surface area contributed by atoms with Crippen LogP contribution in [-0.2, 0) is 19.3 Å². The summed E-state index contributed by atoms with van der Waals surface area (Å²) in [6.45, 7) is 3.61. The van der Waals surface area contributed by atoms with Crippen LogP contribution in [0.25, 0.3) is 0 Å². The van der Waals surface area contributed by atoms with E-state index in [2.05, 4.69) is 17.6 Å². The highest BCUT2D eigenvalue weighted by Crippen LogP contribution is 2.39. The molecule has 0 fully saturated rings. The minimum Gasteiger partial charge on any atom is -0.507 e. The number of nitro benzene ring substituents is 1. The second-order valence-corrected chi connectivity index (χ2v) is 7.14. The highest BCUT2D eigenvalue weighted by Gasteiger charge is 2.20. The molecule has 0 bridgehead atoms. The summed E-state index contributed by atoms with van der Waals surface area (Å²) >= 11 is 1.48. The number of allylic oxidation sites excluding steroid dienone is 1. The van der Waals surface area contributed by atoms with E-state index in [9.17, 15) is 20.5 Å². The largest absolute Gasteiger partial charge is 0.507 e. The zero-order valence-electron chi connectivity index (χ0n) is 14.1. The summed E-state index contributed by atoms with van der Waals surface area (Å²) in [5.41, 5.74) is 2.21. The summed E-state index contributed by atoms with van der Waals surface area (Å²) in [6, 6.07) is 4.84. The van der Waals surface area contributed by atoms with Crippen molar-refractivity contribution in [2.24, 2.45) is 4.99 Å². The molecule has 0 saturated heterocycles. The van der Waals surface area contributed by atoms with Crippen LogP contribution in [0.2, 0.25) is 0 Å². The van der Waals surface area contributed by atoms with Crippen LogP contribution >= 0.6 is 11.3 Å². The molecule has 1 aliphatic rings. The Hall–Kier alpha value is -2.98. The maximum Gasteiger partial charge on any atom is 0.270 e. The molecule has 0 radical (unpaired) electrons. The Kier molecular flexibility index (Phi) is 5.14. The summed E-state index contributed by atoms with van der Waals surface area (Å²) in [5, 5.41) is 31.6. The number of benzene rings is 1. The van der Waals surface area contributed by atoms with E-state index in [1.165, 1.54) is 34.6 Å².